The molecule has 3 aromatic rings. The topological polar surface area (TPSA) is 328 Å². The number of hydrogen-bond acceptors (Lipinski definition) is 20. The Balaban J connectivity index is 1.42. The van der Waals surface area contributed by atoms with Crippen molar-refractivity contribution in [1.82, 2.24) is 0 Å². The molecule has 20 nitrogen and oxygen atoms in total. The number of phenols is 3. The third-order valence-electron chi connectivity index (χ3n) is 9.32. The maximum Gasteiger partial charge on any atom is 0.239 e. The highest BCUT2D eigenvalue weighted by molar-refractivity contribution is 5.88. The van der Waals surface area contributed by atoms with Gasteiger partial charge < -0.3 is 94.1 Å². The van der Waals surface area contributed by atoms with E-state index < -0.39 is 133 Å². The summed E-state index contributed by atoms with van der Waals surface area (Å²) in [5.74, 6) is -2.36. The Morgan fingerprint density at radius 1 is 0.642 bits per heavy atom. The van der Waals surface area contributed by atoms with Gasteiger partial charge in [0.05, 0.1) is 19.3 Å². The second-order valence-electron chi connectivity index (χ2n) is 12.9. The van der Waals surface area contributed by atoms with Crippen LogP contribution in [-0.2, 0) is 23.7 Å². The first-order valence-corrected chi connectivity index (χ1v) is 16.4. The van der Waals surface area contributed by atoms with Gasteiger partial charge in [0.15, 0.2) is 24.4 Å². The standard InChI is InChI=1S/C33H40O20/c1-10-19(39)22(42)24(44)31(47-10)53-30-26(46)28(51-32-25(45)23(43)20(40)16(8-34)49-32)17(9-35)50-33(30)52-29-21(41)18-14(38)6-13(37)7-15(18)48-27(29)11-2-4-12(36)5-3-11/h2-7,10,16-17,19-20,22-26,28,30-40,42-46H,8-9H2,1H3. The van der Waals surface area contributed by atoms with Crippen LogP contribution in [0.5, 0.6) is 23.0 Å². The van der Waals surface area contributed by atoms with Crippen LogP contribution in [0.15, 0.2) is 45.6 Å². The van der Waals surface area contributed by atoms with Crippen molar-refractivity contribution < 1.29 is 94.1 Å². The molecule has 292 valence electrons. The molecule has 15 atom stereocenters. The largest absolute Gasteiger partial charge is 0.508 e. The molecule has 0 saturated carbocycles. The SMILES string of the molecule is CC1OC(OC2C(Oc3c(-c4ccc(O)cc4)oc4cc(O)cc(O)c4c3=O)OC(CO)C(OC3OC(CO)C(O)C(O)C3O)C2O)C(O)C(O)C1O. The lowest BCUT2D eigenvalue weighted by atomic mass is 9.96. The van der Waals surface area contributed by atoms with E-state index >= 15 is 0 Å². The fourth-order valence-electron chi connectivity index (χ4n) is 6.36. The van der Waals surface area contributed by atoms with Gasteiger partial charge in [-0.2, -0.15) is 0 Å². The van der Waals surface area contributed by atoms with Crippen molar-refractivity contribution in [2.24, 2.45) is 0 Å². The maximum absolute atomic E-state index is 14.0. The summed E-state index contributed by atoms with van der Waals surface area (Å²) in [5, 5.41) is 124. The summed E-state index contributed by atoms with van der Waals surface area (Å²) in [7, 11) is 0. The van der Waals surface area contributed by atoms with Gasteiger partial charge in [-0.25, -0.2) is 0 Å². The van der Waals surface area contributed by atoms with Crippen molar-refractivity contribution in [2.75, 3.05) is 13.2 Å². The fraction of sp³-hybridized carbons (Fsp3) is 0.545. The van der Waals surface area contributed by atoms with Gasteiger partial charge in [-0.05, 0) is 31.2 Å². The summed E-state index contributed by atoms with van der Waals surface area (Å²) in [4.78, 5) is 14.0. The van der Waals surface area contributed by atoms with E-state index in [0.29, 0.717) is 0 Å². The molecule has 53 heavy (non-hydrogen) atoms. The quantitative estimate of drug-likeness (QED) is 0.100. The molecule has 0 aliphatic carbocycles. The molecule has 3 fully saturated rings. The van der Waals surface area contributed by atoms with Crippen LogP contribution >= 0.6 is 0 Å². The van der Waals surface area contributed by atoms with Crippen LogP contribution in [0.25, 0.3) is 22.3 Å². The number of rotatable bonds is 9. The van der Waals surface area contributed by atoms with Gasteiger partial charge in [0, 0.05) is 17.7 Å². The molecule has 1 aromatic heterocycles. The molecule has 6 rings (SSSR count). The van der Waals surface area contributed by atoms with Gasteiger partial charge >= 0.3 is 0 Å². The highest BCUT2D eigenvalue weighted by Gasteiger charge is 2.54. The molecule has 4 heterocycles. The fourth-order valence-corrected chi connectivity index (χ4v) is 6.36. The van der Waals surface area contributed by atoms with E-state index in [4.69, 9.17) is 32.8 Å². The zero-order chi connectivity index (χ0) is 38.5. The Labute approximate surface area is 298 Å². The lowest BCUT2D eigenvalue weighted by Gasteiger charge is -2.48. The lowest BCUT2D eigenvalue weighted by Crippen LogP contribution is -2.67. The Hall–Kier alpha value is -3.71. The van der Waals surface area contributed by atoms with Crippen molar-refractivity contribution >= 4 is 11.0 Å². The van der Waals surface area contributed by atoms with E-state index in [1.807, 2.05) is 0 Å². The van der Waals surface area contributed by atoms with Gasteiger partial charge in [0.1, 0.15) is 89.3 Å². The molecular weight excluding hydrogens is 716 g/mol. The minimum Gasteiger partial charge on any atom is -0.508 e. The lowest BCUT2D eigenvalue weighted by molar-refractivity contribution is -0.378. The Morgan fingerprint density at radius 3 is 1.87 bits per heavy atom. The number of aromatic hydroxyl groups is 3. The third-order valence-corrected chi connectivity index (χ3v) is 9.32. The summed E-state index contributed by atoms with van der Waals surface area (Å²) in [6, 6.07) is 7.08. The van der Waals surface area contributed by atoms with E-state index in [-0.39, 0.29) is 22.7 Å². The van der Waals surface area contributed by atoms with Crippen LogP contribution in [0.1, 0.15) is 6.92 Å². The van der Waals surface area contributed by atoms with Crippen LogP contribution in [0.2, 0.25) is 0 Å². The number of fused-ring (bicyclic) bond motifs is 1. The van der Waals surface area contributed by atoms with Crippen molar-refractivity contribution in [3.63, 3.8) is 0 Å². The summed E-state index contributed by atoms with van der Waals surface area (Å²) >= 11 is 0. The summed E-state index contributed by atoms with van der Waals surface area (Å²) in [5.41, 5.74) is -1.21. The highest BCUT2D eigenvalue weighted by atomic mass is 16.8. The van der Waals surface area contributed by atoms with Gasteiger partial charge in [0.25, 0.3) is 0 Å². The summed E-state index contributed by atoms with van der Waals surface area (Å²) in [6.45, 7) is -0.428. The predicted octanol–water partition coefficient (Wildman–Crippen LogP) is -3.57. The molecule has 0 bridgehead atoms. The third kappa shape index (κ3) is 7.39. The van der Waals surface area contributed by atoms with Gasteiger partial charge in [-0.3, -0.25) is 4.79 Å². The summed E-state index contributed by atoms with van der Waals surface area (Å²) < 4.78 is 40.5. The van der Waals surface area contributed by atoms with Crippen LogP contribution in [-0.4, -0.2) is 167 Å². The van der Waals surface area contributed by atoms with Crippen LogP contribution in [0.3, 0.4) is 0 Å². The Bertz CT molecular complexity index is 1780. The molecule has 15 unspecified atom stereocenters. The molecule has 20 heteroatoms. The average molecular weight is 757 g/mol. The molecule has 3 saturated heterocycles. The molecular formula is C33H40O20. The van der Waals surface area contributed by atoms with Crippen molar-refractivity contribution in [2.45, 2.75) is 99.0 Å². The zero-order valence-electron chi connectivity index (χ0n) is 27.7. The van der Waals surface area contributed by atoms with Crippen molar-refractivity contribution in [1.29, 1.82) is 0 Å². The molecule has 2 aromatic carbocycles. The normalized spacial score (nSPS) is 37.8. The van der Waals surface area contributed by atoms with E-state index in [0.717, 1.165) is 12.1 Å². The number of ether oxygens (including phenoxy) is 6. The van der Waals surface area contributed by atoms with Crippen molar-refractivity contribution in [3.8, 4) is 34.3 Å². The molecule has 0 radical (unpaired) electrons. The monoisotopic (exact) mass is 756 g/mol. The number of phenolic OH excluding ortho intramolecular Hbond substituents is 3. The predicted molar refractivity (Wildman–Crippen MR) is 171 cm³/mol. The van der Waals surface area contributed by atoms with Crippen molar-refractivity contribution in [3.05, 3.63) is 46.6 Å². The Kier molecular flexibility index (Phi) is 11.5. The average Bonchev–Trinajstić information content (AvgIpc) is 3.12. The number of hydrogen-bond donors (Lipinski definition) is 12. The molecule has 3 aliphatic rings. The number of aliphatic hydroxyl groups is 9. The smallest absolute Gasteiger partial charge is 0.239 e. The maximum atomic E-state index is 14.0. The van der Waals surface area contributed by atoms with Gasteiger partial charge in [0.2, 0.25) is 17.5 Å². The second kappa shape index (κ2) is 15.6. The first-order chi connectivity index (χ1) is 25.1. The Morgan fingerprint density at radius 2 is 1.23 bits per heavy atom. The number of aliphatic hydroxyl groups excluding tert-OH is 9. The first kappa shape index (κ1) is 39.0. The molecule has 12 N–H and O–H groups in total. The highest BCUT2D eigenvalue weighted by Crippen LogP contribution is 2.39. The van der Waals surface area contributed by atoms with E-state index in [1.54, 1.807) is 0 Å². The van der Waals surface area contributed by atoms with Crippen LogP contribution in [0, 0.1) is 0 Å². The molecule has 0 amide bonds. The molecule has 0 spiro atoms. The van der Waals surface area contributed by atoms with Crippen LogP contribution in [0.4, 0.5) is 0 Å². The summed E-state index contributed by atoms with van der Waals surface area (Å²) in [6.07, 6.45) is -26.6. The van der Waals surface area contributed by atoms with Gasteiger partial charge in [-0.15, -0.1) is 0 Å². The second-order valence-corrected chi connectivity index (χ2v) is 12.9. The minimum atomic E-state index is -2.05. The zero-order valence-corrected chi connectivity index (χ0v) is 27.7. The molecule has 3 aliphatic heterocycles. The van der Waals surface area contributed by atoms with E-state index in [2.05, 4.69) is 0 Å². The van der Waals surface area contributed by atoms with Crippen LogP contribution < -0.4 is 10.2 Å². The van der Waals surface area contributed by atoms with E-state index in [1.165, 1.54) is 31.2 Å². The van der Waals surface area contributed by atoms with E-state index in [9.17, 15) is 66.1 Å². The first-order valence-electron chi connectivity index (χ1n) is 16.4. The number of benzene rings is 2. The minimum absolute atomic E-state index is 0.118. The van der Waals surface area contributed by atoms with Gasteiger partial charge in [-0.1, -0.05) is 0 Å².